The molecule has 0 radical (unpaired) electrons. The van der Waals surface area contributed by atoms with Crippen molar-refractivity contribution in [3.8, 4) is 12.1 Å². The molecule has 2 fully saturated rings. The molecule has 2 aromatic rings. The number of anilines is 1. The van der Waals surface area contributed by atoms with E-state index in [0.717, 1.165) is 69.2 Å². The molecule has 4 rings (SSSR count). The molecule has 41 heavy (non-hydrogen) atoms. The van der Waals surface area contributed by atoms with Crippen molar-refractivity contribution in [2.75, 3.05) is 57.3 Å². The van der Waals surface area contributed by atoms with Crippen LogP contribution in [0.1, 0.15) is 38.8 Å². The highest BCUT2D eigenvalue weighted by atomic mass is 19.1. The molecule has 0 aromatic heterocycles. The highest BCUT2D eigenvalue weighted by molar-refractivity contribution is 5.63. The van der Waals surface area contributed by atoms with Gasteiger partial charge in [0.2, 0.25) is 0 Å². The quantitative estimate of drug-likeness (QED) is 0.414. The summed E-state index contributed by atoms with van der Waals surface area (Å²) in [6, 6.07) is 12.1. The average Bonchev–Trinajstić information content (AvgIpc) is 2.98. The van der Waals surface area contributed by atoms with Gasteiger partial charge in [0.05, 0.1) is 26.7 Å². The number of nitro groups is 2. The van der Waals surface area contributed by atoms with E-state index in [0.29, 0.717) is 11.6 Å². The molecule has 0 spiro atoms. The van der Waals surface area contributed by atoms with E-state index in [1.165, 1.54) is 31.3 Å². The number of rotatable bonds is 5. The summed E-state index contributed by atoms with van der Waals surface area (Å²) in [5.74, 6) is -0.747. The predicted octanol–water partition coefficient (Wildman–Crippen LogP) is 3.90. The first-order valence-corrected chi connectivity index (χ1v) is 13.4. The number of nitro benzene ring substituents is 2. The Bertz CT molecular complexity index is 1260. The van der Waals surface area contributed by atoms with Crippen LogP contribution in [0, 0.1) is 48.7 Å². The Morgan fingerprint density at radius 3 is 1.68 bits per heavy atom. The second-order valence-electron chi connectivity index (χ2n) is 10.1. The summed E-state index contributed by atoms with van der Waals surface area (Å²) >= 11 is 0. The monoisotopic (exact) mass is 568 g/mol. The van der Waals surface area contributed by atoms with E-state index >= 15 is 0 Å². The molecule has 0 atom stereocenters. The zero-order valence-electron chi connectivity index (χ0n) is 23.9. The Hall–Kier alpha value is -4.17. The van der Waals surface area contributed by atoms with Gasteiger partial charge in [-0.05, 0) is 39.8 Å². The molecule has 2 aliphatic heterocycles. The SMILES string of the molecule is CC(C)N1CCN(c2ccc([N+](=O)[O-])cc2C#N)CC1.CC(C)N1CCNCC1.N#Cc1cc([N+](=O)[O-])ccc1F. The number of nitrogens with zero attached hydrogens (tertiary/aromatic N) is 7. The van der Waals surface area contributed by atoms with E-state index < -0.39 is 15.7 Å². The van der Waals surface area contributed by atoms with E-state index in [9.17, 15) is 29.9 Å². The van der Waals surface area contributed by atoms with E-state index in [2.05, 4.69) is 53.8 Å². The topological polar surface area (TPSA) is 156 Å². The Morgan fingerprint density at radius 2 is 1.24 bits per heavy atom. The van der Waals surface area contributed by atoms with Gasteiger partial charge < -0.3 is 10.2 Å². The normalized spacial score (nSPS) is 15.6. The molecule has 0 amide bonds. The van der Waals surface area contributed by atoms with Crippen LogP contribution in [0.3, 0.4) is 0 Å². The van der Waals surface area contributed by atoms with Gasteiger partial charge in [0, 0.05) is 88.7 Å². The van der Waals surface area contributed by atoms with Crippen molar-refractivity contribution < 1.29 is 14.2 Å². The third-order valence-corrected chi connectivity index (χ3v) is 6.86. The molecule has 2 aliphatic rings. The molecule has 2 aromatic carbocycles. The van der Waals surface area contributed by atoms with Crippen LogP contribution < -0.4 is 10.2 Å². The Labute approximate surface area is 239 Å². The number of hydrogen-bond acceptors (Lipinski definition) is 10. The molecule has 0 saturated carbocycles. The van der Waals surface area contributed by atoms with Crippen LogP contribution in [-0.2, 0) is 0 Å². The molecule has 12 nitrogen and oxygen atoms in total. The molecule has 13 heteroatoms. The smallest absolute Gasteiger partial charge is 0.270 e. The summed E-state index contributed by atoms with van der Waals surface area (Å²) in [6.45, 7) is 17.2. The van der Waals surface area contributed by atoms with Crippen molar-refractivity contribution in [1.82, 2.24) is 15.1 Å². The number of nitrogens with one attached hydrogen (secondary N) is 1. The first-order valence-electron chi connectivity index (χ1n) is 13.4. The third kappa shape index (κ3) is 10.1. The highest BCUT2D eigenvalue weighted by Crippen LogP contribution is 2.26. The number of non-ortho nitro benzene ring substituents is 2. The fourth-order valence-corrected chi connectivity index (χ4v) is 4.39. The zero-order valence-corrected chi connectivity index (χ0v) is 23.9. The van der Waals surface area contributed by atoms with Crippen molar-refractivity contribution >= 4 is 17.1 Å². The first-order chi connectivity index (χ1) is 19.5. The predicted molar refractivity (Wildman–Crippen MR) is 154 cm³/mol. The highest BCUT2D eigenvalue weighted by Gasteiger charge is 2.22. The number of hydrogen-bond donors (Lipinski definition) is 1. The zero-order chi connectivity index (χ0) is 30.5. The van der Waals surface area contributed by atoms with Crippen molar-refractivity contribution in [1.29, 1.82) is 10.5 Å². The van der Waals surface area contributed by atoms with E-state index in [1.807, 2.05) is 0 Å². The Morgan fingerprint density at radius 1 is 0.780 bits per heavy atom. The minimum atomic E-state index is -0.747. The number of benzene rings is 2. The second kappa shape index (κ2) is 16.2. The van der Waals surface area contributed by atoms with Crippen LogP contribution >= 0.6 is 0 Å². The number of halogens is 1. The Kier molecular flexibility index (Phi) is 13.0. The standard InChI is InChI=1S/C14H18N4O2.C7H3FN2O2.C7H16N2/c1-11(2)16-5-7-17(8-6-16)14-4-3-13(18(19)20)9-12(14)10-15;8-7-2-1-6(10(11)12)3-5(7)4-9;1-7(2)9-5-3-8-4-6-9/h3-4,9,11H,5-8H2,1-2H3;1-3H;7-8H,3-6H2,1-2H3. The molecule has 1 N–H and O–H groups in total. The van der Waals surface area contributed by atoms with Crippen molar-refractivity contribution in [3.63, 3.8) is 0 Å². The molecule has 0 unspecified atom stereocenters. The largest absolute Gasteiger partial charge is 0.368 e. The Balaban J connectivity index is 0.000000237. The minimum Gasteiger partial charge on any atom is -0.368 e. The molecular weight excluding hydrogens is 531 g/mol. The van der Waals surface area contributed by atoms with E-state index in [-0.39, 0.29) is 16.9 Å². The van der Waals surface area contributed by atoms with Gasteiger partial charge in [0.25, 0.3) is 11.4 Å². The maximum absolute atomic E-state index is 12.6. The second-order valence-corrected chi connectivity index (χ2v) is 10.1. The van der Waals surface area contributed by atoms with Gasteiger partial charge in [-0.2, -0.15) is 10.5 Å². The van der Waals surface area contributed by atoms with Gasteiger partial charge in [0.15, 0.2) is 0 Å². The van der Waals surface area contributed by atoms with Gasteiger partial charge in [-0.15, -0.1) is 0 Å². The fourth-order valence-electron chi connectivity index (χ4n) is 4.39. The lowest BCUT2D eigenvalue weighted by Gasteiger charge is -2.38. The van der Waals surface area contributed by atoms with Gasteiger partial charge >= 0.3 is 0 Å². The van der Waals surface area contributed by atoms with Crippen LogP contribution in [0.4, 0.5) is 21.5 Å². The summed E-state index contributed by atoms with van der Waals surface area (Å²) in [6.07, 6.45) is 0. The fraction of sp³-hybridized carbons (Fsp3) is 0.500. The molecular formula is C28H37FN8O4. The lowest BCUT2D eigenvalue weighted by Crippen LogP contribution is -2.49. The van der Waals surface area contributed by atoms with Gasteiger partial charge in [-0.1, -0.05) is 0 Å². The molecule has 220 valence electrons. The summed E-state index contributed by atoms with van der Waals surface area (Å²) in [7, 11) is 0. The minimum absolute atomic E-state index is 0.0360. The van der Waals surface area contributed by atoms with Crippen molar-refractivity contribution in [3.05, 3.63) is 73.6 Å². The van der Waals surface area contributed by atoms with Gasteiger partial charge in [-0.25, -0.2) is 4.39 Å². The molecule has 0 aliphatic carbocycles. The van der Waals surface area contributed by atoms with Crippen LogP contribution in [0.2, 0.25) is 0 Å². The number of nitriles is 2. The van der Waals surface area contributed by atoms with Crippen LogP contribution in [0.5, 0.6) is 0 Å². The lowest BCUT2D eigenvalue weighted by atomic mass is 10.1. The van der Waals surface area contributed by atoms with E-state index in [1.54, 1.807) is 6.07 Å². The van der Waals surface area contributed by atoms with Crippen LogP contribution in [0.25, 0.3) is 0 Å². The van der Waals surface area contributed by atoms with E-state index in [4.69, 9.17) is 5.26 Å². The van der Waals surface area contributed by atoms with Gasteiger partial charge in [0.1, 0.15) is 18.0 Å². The lowest BCUT2D eigenvalue weighted by molar-refractivity contribution is -0.385. The van der Waals surface area contributed by atoms with Crippen molar-refractivity contribution in [2.24, 2.45) is 0 Å². The third-order valence-electron chi connectivity index (χ3n) is 6.86. The van der Waals surface area contributed by atoms with Gasteiger partial charge in [-0.3, -0.25) is 30.0 Å². The average molecular weight is 569 g/mol. The number of piperazine rings is 2. The summed E-state index contributed by atoms with van der Waals surface area (Å²) in [5.41, 5.74) is 0.530. The maximum atomic E-state index is 12.6. The summed E-state index contributed by atoms with van der Waals surface area (Å²) in [5, 5.41) is 41.7. The first kappa shape index (κ1) is 33.0. The van der Waals surface area contributed by atoms with Crippen LogP contribution in [0.15, 0.2) is 36.4 Å². The maximum Gasteiger partial charge on any atom is 0.270 e. The van der Waals surface area contributed by atoms with Crippen LogP contribution in [-0.4, -0.2) is 84.1 Å². The summed E-state index contributed by atoms with van der Waals surface area (Å²) in [4.78, 5) is 26.8. The molecule has 2 heterocycles. The van der Waals surface area contributed by atoms with Crippen molar-refractivity contribution in [2.45, 2.75) is 39.8 Å². The molecule has 0 bridgehead atoms. The summed E-state index contributed by atoms with van der Waals surface area (Å²) < 4.78 is 12.6. The molecule has 2 saturated heterocycles.